The zero-order valence-corrected chi connectivity index (χ0v) is 16.6. The fourth-order valence-electron chi connectivity index (χ4n) is 4.01. The highest BCUT2D eigenvalue weighted by molar-refractivity contribution is 5.90. The number of para-hydroxylation sites is 2. The van der Waals surface area contributed by atoms with Crippen molar-refractivity contribution >= 4 is 27.8 Å². The molecule has 0 amide bonds. The Morgan fingerprint density at radius 3 is 2.72 bits per heavy atom. The number of fused-ring (bicyclic) bond motifs is 2. The Labute approximate surface area is 169 Å². The predicted octanol–water partition coefficient (Wildman–Crippen LogP) is 4.29. The lowest BCUT2D eigenvalue weighted by atomic mass is 10.1. The lowest BCUT2D eigenvalue weighted by molar-refractivity contribution is 0.352. The van der Waals surface area contributed by atoms with Crippen LogP contribution in [0.5, 0.6) is 5.75 Å². The second kappa shape index (κ2) is 7.72. The summed E-state index contributed by atoms with van der Waals surface area (Å²) in [6, 6.07) is 16.2. The lowest BCUT2D eigenvalue weighted by Crippen LogP contribution is -2.26. The molecular weight excluding hydrogens is 362 g/mol. The molecule has 0 atom stereocenters. The van der Waals surface area contributed by atoms with Crippen LogP contribution in [0.15, 0.2) is 48.5 Å². The lowest BCUT2D eigenvalue weighted by Gasteiger charge is -2.16. The fraction of sp³-hybridized carbons (Fsp3) is 0.304. The summed E-state index contributed by atoms with van der Waals surface area (Å²) in [4.78, 5) is 15.7. The van der Waals surface area contributed by atoms with E-state index >= 15 is 0 Å². The Morgan fingerprint density at radius 1 is 1.03 bits per heavy atom. The molecule has 0 aliphatic carbocycles. The van der Waals surface area contributed by atoms with Crippen LogP contribution in [-0.2, 0) is 0 Å². The molecule has 1 aliphatic heterocycles. The van der Waals surface area contributed by atoms with Gasteiger partial charge in [0.15, 0.2) is 0 Å². The highest BCUT2D eigenvalue weighted by Crippen LogP contribution is 2.31. The summed E-state index contributed by atoms with van der Waals surface area (Å²) < 4.78 is 5.38. The molecule has 6 heteroatoms. The Bertz CT molecular complexity index is 1110. The van der Waals surface area contributed by atoms with E-state index < -0.39 is 0 Å². The highest BCUT2D eigenvalue weighted by Gasteiger charge is 2.15. The van der Waals surface area contributed by atoms with Gasteiger partial charge in [0.25, 0.3) is 0 Å². The predicted molar refractivity (Wildman–Crippen MR) is 118 cm³/mol. The van der Waals surface area contributed by atoms with Crippen molar-refractivity contribution in [1.29, 1.82) is 0 Å². The molecule has 2 N–H and O–H groups in total. The number of anilines is 1. The van der Waals surface area contributed by atoms with Gasteiger partial charge in [0, 0.05) is 24.5 Å². The van der Waals surface area contributed by atoms with Gasteiger partial charge in [0.1, 0.15) is 17.4 Å². The number of benzene rings is 2. The number of likely N-dealkylation sites (tertiary alicyclic amines) is 1. The summed E-state index contributed by atoms with van der Waals surface area (Å²) in [5, 5.41) is 4.62. The van der Waals surface area contributed by atoms with E-state index in [1.165, 1.54) is 25.9 Å². The summed E-state index contributed by atoms with van der Waals surface area (Å²) in [6.07, 6.45) is 2.61. The van der Waals surface area contributed by atoms with Gasteiger partial charge in [-0.05, 0) is 56.3 Å². The van der Waals surface area contributed by atoms with Crippen LogP contribution in [0.4, 0.5) is 5.82 Å². The molecule has 6 nitrogen and oxygen atoms in total. The molecule has 5 rings (SSSR count). The van der Waals surface area contributed by atoms with Crippen molar-refractivity contribution in [2.24, 2.45) is 0 Å². The molecule has 0 radical (unpaired) electrons. The number of ether oxygens (including phenoxy) is 1. The molecule has 1 fully saturated rings. The van der Waals surface area contributed by atoms with Crippen LogP contribution < -0.4 is 10.1 Å². The first-order chi connectivity index (χ1) is 14.3. The normalized spacial score (nSPS) is 14.7. The molecule has 2 aromatic heterocycles. The summed E-state index contributed by atoms with van der Waals surface area (Å²) >= 11 is 0. The largest absolute Gasteiger partial charge is 0.497 e. The van der Waals surface area contributed by atoms with Crippen molar-refractivity contribution in [3.8, 4) is 17.1 Å². The van der Waals surface area contributed by atoms with E-state index in [1.807, 2.05) is 42.5 Å². The monoisotopic (exact) mass is 387 g/mol. The number of aromatic nitrogens is 3. The van der Waals surface area contributed by atoms with Gasteiger partial charge in [-0.1, -0.05) is 12.1 Å². The molecular formula is C23H25N5O. The molecule has 0 unspecified atom stereocenters. The van der Waals surface area contributed by atoms with E-state index in [0.29, 0.717) is 0 Å². The molecule has 29 heavy (non-hydrogen) atoms. The minimum atomic E-state index is 0.810. The third-order valence-electron chi connectivity index (χ3n) is 5.59. The second-order valence-corrected chi connectivity index (χ2v) is 7.52. The van der Waals surface area contributed by atoms with E-state index in [2.05, 4.69) is 21.3 Å². The Morgan fingerprint density at radius 2 is 1.90 bits per heavy atom. The van der Waals surface area contributed by atoms with E-state index in [1.54, 1.807) is 7.11 Å². The molecule has 4 aromatic rings. The zero-order chi connectivity index (χ0) is 19.6. The SMILES string of the molecule is COc1ccc2cc(-c3nc4ccccc4[nH]3)c(NCCN3CCCC3)nc2c1. The Hall–Kier alpha value is -3.12. The standard InChI is InChI=1S/C23H25N5O/c1-29-17-9-8-16-14-18(23-25-19-6-2-3-7-20(19)26-23)22(27-21(16)15-17)24-10-13-28-11-4-5-12-28/h2-3,6-9,14-15H,4-5,10-13H2,1H3,(H,24,27)(H,25,26). The van der Waals surface area contributed by atoms with Crippen LogP contribution >= 0.6 is 0 Å². The quantitative estimate of drug-likeness (QED) is 0.517. The van der Waals surface area contributed by atoms with Crippen LogP contribution in [0.3, 0.4) is 0 Å². The maximum absolute atomic E-state index is 5.38. The number of hydrogen-bond donors (Lipinski definition) is 2. The van der Waals surface area contributed by atoms with Crippen molar-refractivity contribution in [3.63, 3.8) is 0 Å². The molecule has 0 spiro atoms. The molecule has 3 heterocycles. The Kier molecular flexibility index (Phi) is 4.77. The summed E-state index contributed by atoms with van der Waals surface area (Å²) in [5.41, 5.74) is 3.88. The molecule has 0 saturated carbocycles. The number of hydrogen-bond acceptors (Lipinski definition) is 5. The number of aromatic amines is 1. The molecule has 148 valence electrons. The number of H-pyrrole nitrogens is 1. The van der Waals surface area contributed by atoms with Gasteiger partial charge in [-0.15, -0.1) is 0 Å². The maximum atomic E-state index is 5.38. The van der Waals surface area contributed by atoms with Crippen LogP contribution in [0.2, 0.25) is 0 Å². The fourth-order valence-corrected chi connectivity index (χ4v) is 4.01. The molecule has 1 aliphatic rings. The topological polar surface area (TPSA) is 66.1 Å². The number of rotatable bonds is 6. The number of imidazole rings is 1. The average Bonchev–Trinajstić information content (AvgIpc) is 3.42. The zero-order valence-electron chi connectivity index (χ0n) is 16.6. The van der Waals surface area contributed by atoms with Crippen molar-refractivity contribution in [2.45, 2.75) is 12.8 Å². The van der Waals surface area contributed by atoms with Crippen LogP contribution in [0, 0.1) is 0 Å². The maximum Gasteiger partial charge on any atom is 0.142 e. The first-order valence-electron chi connectivity index (χ1n) is 10.2. The highest BCUT2D eigenvalue weighted by atomic mass is 16.5. The van der Waals surface area contributed by atoms with Crippen LogP contribution in [-0.4, -0.2) is 53.1 Å². The smallest absolute Gasteiger partial charge is 0.142 e. The summed E-state index contributed by atoms with van der Waals surface area (Å²) in [5.74, 6) is 2.49. The summed E-state index contributed by atoms with van der Waals surface area (Å²) in [7, 11) is 1.68. The van der Waals surface area contributed by atoms with E-state index in [-0.39, 0.29) is 0 Å². The van der Waals surface area contributed by atoms with Gasteiger partial charge in [-0.3, -0.25) is 0 Å². The first kappa shape index (κ1) is 17.9. The van der Waals surface area contributed by atoms with Gasteiger partial charge in [-0.2, -0.15) is 0 Å². The second-order valence-electron chi connectivity index (χ2n) is 7.52. The van der Waals surface area contributed by atoms with Gasteiger partial charge in [0.2, 0.25) is 0 Å². The molecule has 2 aromatic carbocycles. The van der Waals surface area contributed by atoms with Crippen molar-refractivity contribution in [3.05, 3.63) is 48.5 Å². The van der Waals surface area contributed by atoms with Gasteiger partial charge in [0.05, 0.1) is 29.2 Å². The van der Waals surface area contributed by atoms with Gasteiger partial charge >= 0.3 is 0 Å². The number of pyridine rings is 1. The van der Waals surface area contributed by atoms with Crippen LogP contribution in [0.25, 0.3) is 33.3 Å². The van der Waals surface area contributed by atoms with E-state index in [9.17, 15) is 0 Å². The minimum absolute atomic E-state index is 0.810. The Balaban J connectivity index is 1.53. The number of nitrogens with zero attached hydrogens (tertiary/aromatic N) is 3. The van der Waals surface area contributed by atoms with E-state index in [4.69, 9.17) is 14.7 Å². The minimum Gasteiger partial charge on any atom is -0.497 e. The van der Waals surface area contributed by atoms with E-state index in [0.717, 1.165) is 58.0 Å². The van der Waals surface area contributed by atoms with Crippen molar-refractivity contribution in [1.82, 2.24) is 19.9 Å². The number of nitrogens with one attached hydrogen (secondary N) is 2. The first-order valence-corrected chi connectivity index (χ1v) is 10.2. The number of methoxy groups -OCH3 is 1. The third kappa shape index (κ3) is 3.63. The third-order valence-corrected chi connectivity index (χ3v) is 5.59. The van der Waals surface area contributed by atoms with Crippen molar-refractivity contribution in [2.75, 3.05) is 38.6 Å². The molecule has 1 saturated heterocycles. The van der Waals surface area contributed by atoms with Crippen molar-refractivity contribution < 1.29 is 4.74 Å². The average molecular weight is 387 g/mol. The van der Waals surface area contributed by atoms with Gasteiger partial charge < -0.3 is 19.9 Å². The molecule has 0 bridgehead atoms. The summed E-state index contributed by atoms with van der Waals surface area (Å²) in [6.45, 7) is 4.27. The van der Waals surface area contributed by atoms with Gasteiger partial charge in [-0.25, -0.2) is 9.97 Å². The van der Waals surface area contributed by atoms with Crippen LogP contribution in [0.1, 0.15) is 12.8 Å².